The third-order valence-electron chi connectivity index (χ3n) is 8.00. The van der Waals surface area contributed by atoms with Crippen LogP contribution < -0.4 is 14.8 Å². The molecular formula is C29H33N3O6. The molecule has 38 heavy (non-hydrogen) atoms. The van der Waals surface area contributed by atoms with E-state index in [1.165, 1.54) is 12.0 Å². The number of aromatic amines is 1. The topological polar surface area (TPSA) is 121 Å². The highest BCUT2D eigenvalue weighted by atomic mass is 16.5. The lowest BCUT2D eigenvalue weighted by Gasteiger charge is -2.35. The molecule has 2 saturated heterocycles. The summed E-state index contributed by atoms with van der Waals surface area (Å²) in [6.45, 7) is 7.19. The highest BCUT2D eigenvalue weighted by Gasteiger charge is 2.69. The Morgan fingerprint density at radius 1 is 1.08 bits per heavy atom. The number of rotatable bonds is 6. The van der Waals surface area contributed by atoms with Gasteiger partial charge in [0, 0.05) is 46.2 Å². The van der Waals surface area contributed by atoms with Gasteiger partial charge in [0.05, 0.1) is 26.1 Å². The van der Waals surface area contributed by atoms with Gasteiger partial charge in [-0.05, 0) is 45.4 Å². The lowest BCUT2D eigenvalue weighted by molar-refractivity contribution is -0.153. The van der Waals surface area contributed by atoms with E-state index in [-0.39, 0.29) is 12.3 Å². The molecule has 2 aliphatic rings. The second kappa shape index (κ2) is 8.87. The molecular weight excluding hydrogens is 486 g/mol. The molecule has 0 bridgehead atoms. The zero-order valence-electron chi connectivity index (χ0n) is 22.4. The van der Waals surface area contributed by atoms with Gasteiger partial charge in [0.1, 0.15) is 17.0 Å². The van der Waals surface area contributed by atoms with Gasteiger partial charge in [-0.15, -0.1) is 0 Å². The Bertz CT molecular complexity index is 1450. The summed E-state index contributed by atoms with van der Waals surface area (Å²) in [6.07, 6.45) is 1.79. The van der Waals surface area contributed by atoms with E-state index in [2.05, 4.69) is 10.3 Å². The SMILES string of the molecule is COc1ccc(C2NC(Cc3c[nH]c4ccccc34)(C(=O)O)C3C(=O)N(C(C)(C)C)C(=O)C23)c(OC)c1C. The van der Waals surface area contributed by atoms with Crippen molar-refractivity contribution < 1.29 is 29.0 Å². The molecule has 2 fully saturated rings. The van der Waals surface area contributed by atoms with E-state index in [0.29, 0.717) is 17.1 Å². The number of carbonyl (C=O) groups excluding carboxylic acids is 2. The molecule has 3 heterocycles. The highest BCUT2D eigenvalue weighted by molar-refractivity contribution is 6.10. The van der Waals surface area contributed by atoms with Gasteiger partial charge in [0.2, 0.25) is 11.8 Å². The monoisotopic (exact) mass is 519 g/mol. The lowest BCUT2D eigenvalue weighted by Crippen LogP contribution is -2.58. The molecule has 0 spiro atoms. The number of aromatic nitrogens is 1. The van der Waals surface area contributed by atoms with Crippen LogP contribution in [0.1, 0.15) is 43.5 Å². The number of imide groups is 1. The maximum absolute atomic E-state index is 14.0. The van der Waals surface area contributed by atoms with Crippen molar-refractivity contribution in [3.05, 3.63) is 59.3 Å². The van der Waals surface area contributed by atoms with Crippen molar-refractivity contribution in [3.63, 3.8) is 0 Å². The van der Waals surface area contributed by atoms with Crippen molar-refractivity contribution in [2.24, 2.45) is 11.8 Å². The number of para-hydroxylation sites is 1. The maximum Gasteiger partial charge on any atom is 0.325 e. The minimum absolute atomic E-state index is 0.0124. The molecule has 0 radical (unpaired) electrons. The fraction of sp³-hybridized carbons (Fsp3) is 0.414. The summed E-state index contributed by atoms with van der Waals surface area (Å²) in [6, 6.07) is 10.4. The first-order chi connectivity index (χ1) is 18.0. The van der Waals surface area contributed by atoms with E-state index in [9.17, 15) is 19.5 Å². The summed E-state index contributed by atoms with van der Waals surface area (Å²) in [7, 11) is 3.08. The molecule has 0 aliphatic carbocycles. The Morgan fingerprint density at radius 2 is 1.79 bits per heavy atom. The number of carboxylic acid groups (broad SMARTS) is 1. The van der Waals surface area contributed by atoms with Gasteiger partial charge in [-0.1, -0.05) is 24.3 Å². The predicted octanol–water partition coefficient (Wildman–Crippen LogP) is 3.60. The first-order valence-electron chi connectivity index (χ1n) is 12.6. The first-order valence-corrected chi connectivity index (χ1v) is 12.6. The van der Waals surface area contributed by atoms with Crippen LogP contribution in [0.25, 0.3) is 10.9 Å². The second-order valence-corrected chi connectivity index (χ2v) is 11.1. The quantitative estimate of drug-likeness (QED) is 0.426. The van der Waals surface area contributed by atoms with Crippen LogP contribution in [0, 0.1) is 18.8 Å². The van der Waals surface area contributed by atoms with E-state index in [1.807, 2.05) is 31.2 Å². The molecule has 4 unspecified atom stereocenters. The Morgan fingerprint density at radius 3 is 2.42 bits per heavy atom. The number of benzene rings is 2. The fourth-order valence-electron chi connectivity index (χ4n) is 6.38. The summed E-state index contributed by atoms with van der Waals surface area (Å²) in [5.74, 6) is -2.99. The number of ether oxygens (including phenoxy) is 2. The summed E-state index contributed by atoms with van der Waals surface area (Å²) in [4.78, 5) is 45.6. The number of fused-ring (bicyclic) bond motifs is 2. The summed E-state index contributed by atoms with van der Waals surface area (Å²) < 4.78 is 11.2. The van der Waals surface area contributed by atoms with E-state index >= 15 is 0 Å². The molecule has 3 N–H and O–H groups in total. The van der Waals surface area contributed by atoms with Crippen LogP contribution in [0.3, 0.4) is 0 Å². The van der Waals surface area contributed by atoms with Gasteiger partial charge in [0.15, 0.2) is 0 Å². The number of methoxy groups -OCH3 is 2. The number of amides is 2. The average Bonchev–Trinajstić information content (AvgIpc) is 3.51. The van der Waals surface area contributed by atoms with Crippen LogP contribution >= 0.6 is 0 Å². The number of hydrogen-bond acceptors (Lipinski definition) is 6. The first kappa shape index (κ1) is 25.8. The maximum atomic E-state index is 14.0. The Balaban J connectivity index is 1.72. The van der Waals surface area contributed by atoms with E-state index in [4.69, 9.17) is 9.47 Å². The number of hydrogen-bond donors (Lipinski definition) is 3. The van der Waals surface area contributed by atoms with Gasteiger partial charge >= 0.3 is 5.97 Å². The Kier molecular flexibility index (Phi) is 6.02. The van der Waals surface area contributed by atoms with Gasteiger partial charge in [0.25, 0.3) is 0 Å². The largest absolute Gasteiger partial charge is 0.496 e. The van der Waals surface area contributed by atoms with E-state index in [0.717, 1.165) is 22.0 Å². The Labute approximate surface area is 221 Å². The minimum Gasteiger partial charge on any atom is -0.496 e. The number of carbonyl (C=O) groups is 3. The molecule has 200 valence electrons. The number of carboxylic acids is 1. The van der Waals surface area contributed by atoms with Crippen LogP contribution in [-0.4, -0.2) is 58.1 Å². The molecule has 2 amide bonds. The zero-order chi connectivity index (χ0) is 27.6. The number of likely N-dealkylation sites (tertiary alicyclic amines) is 1. The van der Waals surface area contributed by atoms with Crippen LogP contribution in [0.15, 0.2) is 42.6 Å². The number of nitrogens with zero attached hydrogens (tertiary/aromatic N) is 1. The second-order valence-electron chi connectivity index (χ2n) is 11.1. The standard InChI is InChI=1S/C29H33N3O6/c1-15-20(37-5)12-11-18(24(15)38-6)23-21-22(26(34)32(25(21)33)28(2,3)4)29(31-23,27(35)36)13-16-14-30-19-10-8-7-9-17(16)19/h7-12,14,21-23,30-31H,13H2,1-6H3,(H,35,36). The average molecular weight is 520 g/mol. The summed E-state index contributed by atoms with van der Waals surface area (Å²) in [5, 5.41) is 15.0. The molecule has 2 aliphatic heterocycles. The fourth-order valence-corrected chi connectivity index (χ4v) is 6.38. The molecule has 3 aromatic rings. The van der Waals surface area contributed by atoms with Crippen LogP contribution in [0.5, 0.6) is 11.5 Å². The van der Waals surface area contributed by atoms with Gasteiger partial charge in [-0.25, -0.2) is 0 Å². The highest BCUT2D eigenvalue weighted by Crippen LogP contribution is 2.53. The smallest absolute Gasteiger partial charge is 0.325 e. The van der Waals surface area contributed by atoms with Crippen molar-refractivity contribution in [1.82, 2.24) is 15.2 Å². The molecule has 9 heteroatoms. The number of aliphatic carboxylic acids is 1. The Hall–Kier alpha value is -3.85. The molecule has 0 saturated carbocycles. The van der Waals surface area contributed by atoms with Crippen molar-refractivity contribution in [2.75, 3.05) is 14.2 Å². The van der Waals surface area contributed by atoms with Crippen molar-refractivity contribution in [1.29, 1.82) is 0 Å². The predicted molar refractivity (Wildman–Crippen MR) is 141 cm³/mol. The third-order valence-corrected chi connectivity index (χ3v) is 8.00. The molecule has 9 nitrogen and oxygen atoms in total. The molecule has 2 aromatic carbocycles. The van der Waals surface area contributed by atoms with Crippen molar-refractivity contribution >= 4 is 28.7 Å². The van der Waals surface area contributed by atoms with E-state index < -0.39 is 40.8 Å². The van der Waals surface area contributed by atoms with E-state index in [1.54, 1.807) is 46.2 Å². The van der Waals surface area contributed by atoms with Crippen molar-refractivity contribution in [2.45, 2.75) is 51.2 Å². The molecule has 4 atom stereocenters. The van der Waals surface area contributed by atoms with Crippen LogP contribution in [-0.2, 0) is 20.8 Å². The third kappa shape index (κ3) is 3.60. The molecule has 1 aromatic heterocycles. The summed E-state index contributed by atoms with van der Waals surface area (Å²) in [5.41, 5.74) is 0.411. The lowest BCUT2D eigenvalue weighted by atomic mass is 9.76. The van der Waals surface area contributed by atoms with Gasteiger partial charge in [-0.2, -0.15) is 0 Å². The summed E-state index contributed by atoms with van der Waals surface area (Å²) >= 11 is 0. The van der Waals surface area contributed by atoms with Crippen LogP contribution in [0.2, 0.25) is 0 Å². The zero-order valence-corrected chi connectivity index (χ0v) is 22.4. The molecule has 5 rings (SSSR count). The number of H-pyrrole nitrogens is 1. The van der Waals surface area contributed by atoms with Crippen LogP contribution in [0.4, 0.5) is 0 Å². The van der Waals surface area contributed by atoms with Gasteiger partial charge in [-0.3, -0.25) is 24.6 Å². The van der Waals surface area contributed by atoms with Crippen molar-refractivity contribution in [3.8, 4) is 11.5 Å². The van der Waals surface area contributed by atoms with Gasteiger partial charge < -0.3 is 19.6 Å². The number of nitrogens with one attached hydrogen (secondary N) is 2. The normalized spacial score (nSPS) is 25.2. The minimum atomic E-state index is -1.73.